The molecule has 1 amide bonds. The molecule has 0 aromatic carbocycles. The summed E-state index contributed by atoms with van der Waals surface area (Å²) in [6.45, 7) is 3.96. The van der Waals surface area contributed by atoms with E-state index in [0.717, 1.165) is 31.5 Å². The molecule has 0 radical (unpaired) electrons. The maximum Gasteiger partial charge on any atom is 0.288 e. The van der Waals surface area contributed by atoms with Gasteiger partial charge in [-0.1, -0.05) is 6.07 Å². The minimum absolute atomic E-state index is 0.192. The number of hydrogen-bond donors (Lipinski definition) is 3. The van der Waals surface area contributed by atoms with Crippen molar-refractivity contribution in [2.45, 2.75) is 25.9 Å². The summed E-state index contributed by atoms with van der Waals surface area (Å²) in [7, 11) is 2.11. The van der Waals surface area contributed by atoms with Crippen LogP contribution in [0.5, 0.6) is 5.75 Å². The fraction of sp³-hybridized carbons (Fsp3) is 0.368. The number of pyridine rings is 2. The van der Waals surface area contributed by atoms with E-state index in [1.807, 2.05) is 19.1 Å². The number of nitrogens with one attached hydrogen (secondary N) is 3. The van der Waals surface area contributed by atoms with Gasteiger partial charge in [0.1, 0.15) is 23.4 Å². The standard InChI is InChI=1S/C19H24N6O2S/c1-13-4-3-9-20-17(13)22-19(28)24-23-18(26)16-6-5-15(12-21-16)27-14-7-10-25(2)11-8-14/h3-6,9,12,14H,7-8,10-11H2,1-2H3,(H,23,26)(H2,20,22,24,28). The molecule has 1 fully saturated rings. The van der Waals surface area contributed by atoms with E-state index in [4.69, 9.17) is 17.0 Å². The minimum Gasteiger partial charge on any atom is -0.489 e. The lowest BCUT2D eigenvalue weighted by Crippen LogP contribution is -2.44. The van der Waals surface area contributed by atoms with Gasteiger partial charge >= 0.3 is 0 Å². The summed E-state index contributed by atoms with van der Waals surface area (Å²) in [5.41, 5.74) is 6.37. The molecule has 28 heavy (non-hydrogen) atoms. The Morgan fingerprint density at radius 1 is 1.21 bits per heavy atom. The molecule has 2 aromatic heterocycles. The number of carbonyl (C=O) groups excluding carboxylic acids is 1. The Bertz CT molecular complexity index is 821. The quantitative estimate of drug-likeness (QED) is 0.529. The molecule has 9 heteroatoms. The number of aromatic nitrogens is 2. The van der Waals surface area contributed by atoms with Crippen LogP contribution in [0.3, 0.4) is 0 Å². The zero-order valence-corrected chi connectivity index (χ0v) is 16.8. The van der Waals surface area contributed by atoms with Crippen molar-refractivity contribution < 1.29 is 9.53 Å². The minimum atomic E-state index is -0.396. The second-order valence-corrected chi connectivity index (χ2v) is 7.11. The molecule has 0 spiro atoms. The van der Waals surface area contributed by atoms with Crippen LogP contribution in [0.2, 0.25) is 0 Å². The molecule has 3 rings (SSSR count). The number of ether oxygens (including phenoxy) is 1. The van der Waals surface area contributed by atoms with Crippen LogP contribution < -0.4 is 20.9 Å². The number of nitrogens with zero attached hydrogens (tertiary/aromatic N) is 3. The van der Waals surface area contributed by atoms with Crippen LogP contribution in [0.25, 0.3) is 0 Å². The largest absolute Gasteiger partial charge is 0.489 e. The number of aryl methyl sites for hydroxylation is 1. The number of piperidine rings is 1. The van der Waals surface area contributed by atoms with E-state index in [2.05, 4.69) is 38.1 Å². The first-order valence-electron chi connectivity index (χ1n) is 9.11. The number of rotatable bonds is 4. The summed E-state index contributed by atoms with van der Waals surface area (Å²) in [6.07, 6.45) is 5.40. The second kappa shape index (κ2) is 9.43. The zero-order valence-electron chi connectivity index (χ0n) is 15.9. The molecule has 0 atom stereocenters. The molecule has 8 nitrogen and oxygen atoms in total. The maximum absolute atomic E-state index is 12.2. The Balaban J connectivity index is 1.46. The Morgan fingerprint density at radius 2 is 2.00 bits per heavy atom. The summed E-state index contributed by atoms with van der Waals surface area (Å²) in [5.74, 6) is 0.900. The Kier molecular flexibility index (Phi) is 6.72. The molecule has 0 bridgehead atoms. The molecule has 1 aliphatic rings. The average molecular weight is 401 g/mol. The van der Waals surface area contributed by atoms with E-state index < -0.39 is 5.91 Å². The number of amides is 1. The predicted molar refractivity (Wildman–Crippen MR) is 111 cm³/mol. The molecule has 3 heterocycles. The van der Waals surface area contributed by atoms with Gasteiger partial charge in [0.2, 0.25) is 0 Å². The van der Waals surface area contributed by atoms with E-state index in [1.165, 1.54) is 0 Å². The van der Waals surface area contributed by atoms with Crippen LogP contribution in [0, 0.1) is 6.92 Å². The van der Waals surface area contributed by atoms with Crippen molar-refractivity contribution in [3.8, 4) is 5.75 Å². The van der Waals surface area contributed by atoms with Crippen molar-refractivity contribution in [2.24, 2.45) is 0 Å². The average Bonchev–Trinajstić information content (AvgIpc) is 2.70. The van der Waals surface area contributed by atoms with Crippen LogP contribution in [0.1, 0.15) is 28.9 Å². The monoisotopic (exact) mass is 400 g/mol. The summed E-state index contributed by atoms with van der Waals surface area (Å²) < 4.78 is 5.94. The van der Waals surface area contributed by atoms with Crippen LogP contribution in [0.15, 0.2) is 36.7 Å². The van der Waals surface area contributed by atoms with E-state index in [9.17, 15) is 4.79 Å². The van der Waals surface area contributed by atoms with Crippen molar-refractivity contribution in [1.29, 1.82) is 0 Å². The summed E-state index contributed by atoms with van der Waals surface area (Å²) in [4.78, 5) is 22.9. The highest BCUT2D eigenvalue weighted by Crippen LogP contribution is 2.17. The summed E-state index contributed by atoms with van der Waals surface area (Å²) in [5, 5.41) is 3.16. The van der Waals surface area contributed by atoms with Crippen molar-refractivity contribution >= 4 is 29.1 Å². The maximum atomic E-state index is 12.2. The van der Waals surface area contributed by atoms with Gasteiger partial charge in [0.05, 0.1) is 6.20 Å². The lowest BCUT2D eigenvalue weighted by atomic mass is 10.1. The van der Waals surface area contributed by atoms with E-state index in [0.29, 0.717) is 11.6 Å². The molecule has 1 aliphatic heterocycles. The van der Waals surface area contributed by atoms with Crippen LogP contribution in [-0.2, 0) is 0 Å². The van der Waals surface area contributed by atoms with Crippen LogP contribution in [-0.4, -0.2) is 52.1 Å². The molecule has 0 saturated carbocycles. The van der Waals surface area contributed by atoms with Crippen molar-refractivity contribution in [3.63, 3.8) is 0 Å². The zero-order chi connectivity index (χ0) is 19.9. The van der Waals surface area contributed by atoms with Gasteiger partial charge in [-0.2, -0.15) is 0 Å². The number of likely N-dealkylation sites (tertiary alicyclic amines) is 1. The summed E-state index contributed by atoms with van der Waals surface area (Å²) in [6, 6.07) is 7.13. The SMILES string of the molecule is Cc1cccnc1NC(=S)NNC(=O)c1ccc(OC2CCN(C)CC2)cn1. The lowest BCUT2D eigenvalue weighted by Gasteiger charge is -2.29. The molecular formula is C19H24N6O2S. The number of hydrogen-bond acceptors (Lipinski definition) is 6. The number of thiocarbonyl (C=S) groups is 1. The van der Waals surface area contributed by atoms with Gasteiger partial charge in [0, 0.05) is 19.3 Å². The van der Waals surface area contributed by atoms with Crippen LogP contribution in [0.4, 0.5) is 5.82 Å². The highest BCUT2D eigenvalue weighted by Gasteiger charge is 2.18. The molecule has 1 saturated heterocycles. The third kappa shape index (κ3) is 5.61. The first-order chi connectivity index (χ1) is 13.5. The van der Waals surface area contributed by atoms with E-state index >= 15 is 0 Å². The Hall–Kier alpha value is -2.78. The first kappa shape index (κ1) is 20.0. The topological polar surface area (TPSA) is 91.4 Å². The van der Waals surface area contributed by atoms with Crippen molar-refractivity contribution in [1.82, 2.24) is 25.7 Å². The first-order valence-corrected chi connectivity index (χ1v) is 9.52. The molecule has 0 unspecified atom stereocenters. The van der Waals surface area contributed by atoms with Gasteiger partial charge in [0.15, 0.2) is 5.11 Å². The molecule has 2 aromatic rings. The van der Waals surface area contributed by atoms with Crippen molar-refractivity contribution in [2.75, 3.05) is 25.5 Å². The predicted octanol–water partition coefficient (Wildman–Crippen LogP) is 1.89. The van der Waals surface area contributed by atoms with Gasteiger partial charge < -0.3 is 15.0 Å². The van der Waals surface area contributed by atoms with E-state index in [-0.39, 0.29) is 16.9 Å². The molecule has 0 aliphatic carbocycles. The normalized spacial score (nSPS) is 14.9. The van der Waals surface area contributed by atoms with Gasteiger partial charge in [0.25, 0.3) is 5.91 Å². The number of anilines is 1. The molecule has 148 valence electrons. The summed E-state index contributed by atoms with van der Waals surface area (Å²) >= 11 is 5.16. The smallest absolute Gasteiger partial charge is 0.288 e. The lowest BCUT2D eigenvalue weighted by molar-refractivity contribution is 0.0938. The molecular weight excluding hydrogens is 376 g/mol. The van der Waals surface area contributed by atoms with E-state index in [1.54, 1.807) is 24.5 Å². The number of hydrazine groups is 1. The fourth-order valence-corrected chi connectivity index (χ4v) is 2.96. The van der Waals surface area contributed by atoms with Crippen molar-refractivity contribution in [3.05, 3.63) is 47.9 Å². The van der Waals surface area contributed by atoms with Gasteiger partial charge in [-0.15, -0.1) is 0 Å². The third-order valence-electron chi connectivity index (χ3n) is 4.47. The highest BCUT2D eigenvalue weighted by molar-refractivity contribution is 7.80. The Labute approximate surface area is 169 Å². The van der Waals surface area contributed by atoms with Gasteiger partial charge in [-0.25, -0.2) is 9.97 Å². The van der Waals surface area contributed by atoms with Crippen LogP contribution >= 0.6 is 12.2 Å². The Morgan fingerprint density at radius 3 is 2.68 bits per heavy atom. The molecule has 3 N–H and O–H groups in total. The highest BCUT2D eigenvalue weighted by atomic mass is 32.1. The second-order valence-electron chi connectivity index (χ2n) is 6.70. The van der Waals surface area contributed by atoms with Gasteiger partial charge in [-0.3, -0.25) is 15.6 Å². The van der Waals surface area contributed by atoms with Gasteiger partial charge in [-0.05, 0) is 62.8 Å². The third-order valence-corrected chi connectivity index (χ3v) is 4.67. The fourth-order valence-electron chi connectivity index (χ4n) is 2.81. The number of carbonyl (C=O) groups is 1.